The molecule has 0 aliphatic rings. The van der Waals surface area contributed by atoms with Gasteiger partial charge in [0.2, 0.25) is 0 Å². The van der Waals surface area contributed by atoms with Crippen LogP contribution in [0.1, 0.15) is 52.2 Å². The molecule has 0 aromatic heterocycles. The van der Waals surface area contributed by atoms with Gasteiger partial charge in [0.05, 0.1) is 19.3 Å². The number of aliphatic hydroxyl groups is 2. The first-order valence-electron chi connectivity index (χ1n) is 15.0. The topological polar surface area (TPSA) is 96.2 Å². The molecule has 230 valence electrons. The number of ether oxygens (including phenoxy) is 1. The van der Waals surface area contributed by atoms with E-state index in [0.29, 0.717) is 16.5 Å². The zero-order valence-corrected chi connectivity index (χ0v) is 26.9. The molecule has 0 spiro atoms. The first-order chi connectivity index (χ1) is 21.1. The standard InChI is InChI=1S/C37H42O6Si/c1-5-42-36(41)35(40)25-27(15-14-22-33(38)32-23-24-34(39)31-21-13-12-20-30(31)32)26-43-44(37(2,3)4,28-16-8-6-9-17-28)29-18-10-7-11-19-29/h6-14,16-21,23-24,33,35,38-40H,5,22,25-26H2,1-4H3/t15?,33-,35-/m1/s1. The fourth-order valence-electron chi connectivity index (χ4n) is 5.71. The van der Waals surface area contributed by atoms with Gasteiger partial charge in [-0.05, 0) is 51.0 Å². The largest absolute Gasteiger partial charge is 0.507 e. The number of hydrogen-bond donors (Lipinski definition) is 3. The van der Waals surface area contributed by atoms with Gasteiger partial charge in [0, 0.05) is 18.2 Å². The van der Waals surface area contributed by atoms with Gasteiger partial charge in [-0.15, -0.1) is 5.73 Å². The third kappa shape index (κ3) is 7.38. The highest BCUT2D eigenvalue weighted by molar-refractivity contribution is 6.99. The number of rotatable bonds is 12. The van der Waals surface area contributed by atoms with E-state index in [0.717, 1.165) is 15.8 Å². The molecule has 0 bridgehead atoms. The van der Waals surface area contributed by atoms with E-state index in [1.165, 1.54) is 0 Å². The quantitative estimate of drug-likeness (QED) is 0.104. The summed E-state index contributed by atoms with van der Waals surface area (Å²) in [6.45, 7) is 8.54. The number of hydrogen-bond acceptors (Lipinski definition) is 6. The Kier molecular flexibility index (Phi) is 11.0. The van der Waals surface area contributed by atoms with Crippen molar-refractivity contribution in [3.05, 3.63) is 120 Å². The van der Waals surface area contributed by atoms with Crippen molar-refractivity contribution in [3.8, 4) is 5.75 Å². The molecule has 2 atom stereocenters. The Hall–Kier alpha value is -3.97. The average molecular weight is 611 g/mol. The van der Waals surface area contributed by atoms with Crippen molar-refractivity contribution in [2.45, 2.75) is 57.8 Å². The highest BCUT2D eigenvalue weighted by Gasteiger charge is 2.50. The van der Waals surface area contributed by atoms with Crippen LogP contribution in [0.5, 0.6) is 5.75 Å². The van der Waals surface area contributed by atoms with Crippen molar-refractivity contribution in [1.82, 2.24) is 0 Å². The summed E-state index contributed by atoms with van der Waals surface area (Å²) in [6, 6.07) is 31.2. The number of esters is 1. The number of aliphatic hydroxyl groups excluding tert-OH is 2. The Bertz CT molecular complexity index is 1560. The number of carbonyl (C=O) groups is 1. The molecular weight excluding hydrogens is 568 g/mol. The van der Waals surface area contributed by atoms with Crippen molar-refractivity contribution in [2.24, 2.45) is 0 Å². The zero-order valence-electron chi connectivity index (χ0n) is 25.9. The van der Waals surface area contributed by atoms with Crippen LogP contribution in [0, 0.1) is 0 Å². The Morgan fingerprint density at radius 3 is 2.00 bits per heavy atom. The van der Waals surface area contributed by atoms with Gasteiger partial charge in [-0.1, -0.05) is 112 Å². The van der Waals surface area contributed by atoms with Crippen LogP contribution in [0.15, 0.2) is 114 Å². The van der Waals surface area contributed by atoms with E-state index in [1.54, 1.807) is 25.1 Å². The Labute approximate surface area is 261 Å². The molecule has 44 heavy (non-hydrogen) atoms. The highest BCUT2D eigenvalue weighted by Crippen LogP contribution is 2.37. The summed E-state index contributed by atoms with van der Waals surface area (Å²) >= 11 is 0. The minimum Gasteiger partial charge on any atom is -0.507 e. The van der Waals surface area contributed by atoms with Gasteiger partial charge in [0.15, 0.2) is 6.10 Å². The van der Waals surface area contributed by atoms with Gasteiger partial charge in [0.1, 0.15) is 5.75 Å². The lowest BCUT2D eigenvalue weighted by atomic mass is 9.98. The van der Waals surface area contributed by atoms with E-state index in [-0.39, 0.29) is 36.8 Å². The van der Waals surface area contributed by atoms with Crippen LogP contribution in [0.25, 0.3) is 10.8 Å². The summed E-state index contributed by atoms with van der Waals surface area (Å²) < 4.78 is 12.1. The third-order valence-corrected chi connectivity index (χ3v) is 12.8. The summed E-state index contributed by atoms with van der Waals surface area (Å²) in [5, 5.41) is 35.5. The number of phenolic OH excluding ortho intramolecular Hbond substituents is 1. The molecule has 4 aromatic carbocycles. The molecule has 7 heteroatoms. The average Bonchev–Trinajstić information content (AvgIpc) is 3.02. The first-order valence-corrected chi connectivity index (χ1v) is 16.9. The molecule has 4 aromatic rings. The monoisotopic (exact) mass is 610 g/mol. The van der Waals surface area contributed by atoms with Crippen LogP contribution in [0.3, 0.4) is 0 Å². The summed E-state index contributed by atoms with van der Waals surface area (Å²) in [6.07, 6.45) is -0.311. The second-order valence-electron chi connectivity index (χ2n) is 11.8. The lowest BCUT2D eigenvalue weighted by Crippen LogP contribution is -2.66. The number of benzene rings is 4. The normalized spacial score (nSPS) is 13.1. The molecule has 0 fully saturated rings. The van der Waals surface area contributed by atoms with Crippen molar-refractivity contribution in [1.29, 1.82) is 0 Å². The molecular formula is C37H42O6Si. The van der Waals surface area contributed by atoms with E-state index in [2.05, 4.69) is 50.8 Å². The minimum atomic E-state index is -2.90. The van der Waals surface area contributed by atoms with E-state index >= 15 is 0 Å². The number of fused-ring (bicyclic) bond motifs is 1. The van der Waals surface area contributed by atoms with Gasteiger partial charge in [-0.2, -0.15) is 0 Å². The molecule has 0 amide bonds. The van der Waals surface area contributed by atoms with Crippen molar-refractivity contribution in [3.63, 3.8) is 0 Å². The van der Waals surface area contributed by atoms with Crippen LogP contribution in [0.4, 0.5) is 0 Å². The molecule has 0 saturated carbocycles. The van der Waals surface area contributed by atoms with E-state index in [1.807, 2.05) is 60.7 Å². The minimum absolute atomic E-state index is 0.0221. The van der Waals surface area contributed by atoms with Crippen molar-refractivity contribution in [2.75, 3.05) is 13.2 Å². The van der Waals surface area contributed by atoms with Gasteiger partial charge >= 0.3 is 5.97 Å². The van der Waals surface area contributed by atoms with Gasteiger partial charge in [-0.3, -0.25) is 0 Å². The molecule has 0 saturated heterocycles. The number of carbonyl (C=O) groups excluding carboxylic acids is 1. The van der Waals surface area contributed by atoms with Crippen LogP contribution in [-0.2, 0) is 14.0 Å². The fourth-order valence-corrected chi connectivity index (χ4v) is 10.3. The van der Waals surface area contributed by atoms with Crippen molar-refractivity contribution >= 4 is 35.4 Å². The Morgan fingerprint density at radius 1 is 0.864 bits per heavy atom. The van der Waals surface area contributed by atoms with Crippen LogP contribution in [-0.4, -0.2) is 48.9 Å². The lowest BCUT2D eigenvalue weighted by molar-refractivity contribution is -0.152. The predicted molar refractivity (Wildman–Crippen MR) is 178 cm³/mol. The molecule has 0 unspecified atom stereocenters. The summed E-state index contributed by atoms with van der Waals surface area (Å²) in [4.78, 5) is 12.4. The Morgan fingerprint density at radius 2 is 1.43 bits per heavy atom. The summed E-state index contributed by atoms with van der Waals surface area (Å²) in [5.41, 5.74) is 4.52. The SMILES string of the molecule is CCOC(=O)[C@H](O)CC(=C=CC[C@@H](O)c1ccc(O)c2ccccc12)CO[Si](c1ccccc1)(c1ccccc1)C(C)(C)C. The smallest absolute Gasteiger partial charge is 0.335 e. The maximum Gasteiger partial charge on any atom is 0.335 e. The molecule has 0 heterocycles. The number of phenols is 1. The zero-order chi connectivity index (χ0) is 31.7. The van der Waals surface area contributed by atoms with E-state index in [4.69, 9.17) is 9.16 Å². The second-order valence-corrected chi connectivity index (χ2v) is 16.2. The van der Waals surface area contributed by atoms with E-state index in [9.17, 15) is 20.1 Å². The van der Waals surface area contributed by atoms with Gasteiger partial charge in [0.25, 0.3) is 8.32 Å². The fraction of sp³-hybridized carbons (Fsp3) is 0.297. The van der Waals surface area contributed by atoms with Crippen LogP contribution in [0.2, 0.25) is 5.04 Å². The second kappa shape index (κ2) is 14.7. The van der Waals surface area contributed by atoms with E-state index < -0.39 is 26.5 Å². The third-order valence-electron chi connectivity index (χ3n) is 7.82. The Balaban J connectivity index is 1.71. The van der Waals surface area contributed by atoms with Crippen molar-refractivity contribution < 1.29 is 29.3 Å². The summed E-state index contributed by atoms with van der Waals surface area (Å²) in [7, 11) is -2.90. The molecule has 6 nitrogen and oxygen atoms in total. The van der Waals surface area contributed by atoms with Crippen LogP contribution < -0.4 is 10.4 Å². The maximum atomic E-state index is 12.4. The molecule has 0 aliphatic carbocycles. The van der Waals surface area contributed by atoms with Crippen LogP contribution >= 0.6 is 0 Å². The predicted octanol–water partition coefficient (Wildman–Crippen LogP) is 5.94. The molecule has 0 radical (unpaired) electrons. The molecule has 4 rings (SSSR count). The summed E-state index contributed by atoms with van der Waals surface area (Å²) in [5.74, 6) is -0.546. The number of aromatic hydroxyl groups is 1. The molecule has 0 aliphatic heterocycles. The highest BCUT2D eigenvalue weighted by atomic mass is 28.4. The van der Waals surface area contributed by atoms with Gasteiger partial charge < -0.3 is 24.5 Å². The first kappa shape index (κ1) is 32.9. The van der Waals surface area contributed by atoms with Gasteiger partial charge in [-0.25, -0.2) is 4.79 Å². The lowest BCUT2D eigenvalue weighted by Gasteiger charge is -2.43. The maximum absolute atomic E-state index is 12.4. The molecule has 3 N–H and O–H groups in total.